The molecule has 2 rings (SSSR count). The molecule has 0 aliphatic carbocycles. The number of halogens is 1. The highest BCUT2D eigenvalue weighted by molar-refractivity contribution is 9.10. The maximum atomic E-state index is 4.55. The van der Waals surface area contributed by atoms with Crippen molar-refractivity contribution in [2.24, 2.45) is 0 Å². The monoisotopic (exact) mass is 335 g/mol. The summed E-state index contributed by atoms with van der Waals surface area (Å²) in [5.74, 6) is 1.07. The van der Waals surface area contributed by atoms with Crippen LogP contribution in [0.15, 0.2) is 29.0 Å². The van der Waals surface area contributed by atoms with Crippen molar-refractivity contribution in [1.82, 2.24) is 9.97 Å². The number of unbranched alkanes of at least 4 members (excludes halogenated alkanes) is 2. The third-order valence-corrected chi connectivity index (χ3v) is 4.10. The molecule has 0 amide bonds. The van der Waals surface area contributed by atoms with E-state index in [9.17, 15) is 0 Å². The number of hydrogen-bond acceptors (Lipinski definition) is 3. The molecular formula is C16H22BrN3. The molecule has 3 nitrogen and oxygen atoms in total. The lowest BCUT2D eigenvalue weighted by atomic mass is 10.2. The Morgan fingerprint density at radius 1 is 1.05 bits per heavy atom. The van der Waals surface area contributed by atoms with E-state index >= 15 is 0 Å². The van der Waals surface area contributed by atoms with Gasteiger partial charge in [-0.25, -0.2) is 9.97 Å². The number of fused-ring (bicyclic) bond motifs is 1. The first kappa shape index (κ1) is 15.2. The fourth-order valence-electron chi connectivity index (χ4n) is 2.31. The lowest BCUT2D eigenvalue weighted by molar-refractivity contribution is 0.673. The van der Waals surface area contributed by atoms with Gasteiger partial charge in [-0.1, -0.05) is 32.8 Å². The smallest absolute Gasteiger partial charge is 0.139 e. The molecule has 0 radical (unpaired) electrons. The van der Waals surface area contributed by atoms with Gasteiger partial charge in [0, 0.05) is 22.9 Å². The van der Waals surface area contributed by atoms with Crippen LogP contribution in [-0.4, -0.2) is 23.1 Å². The van der Waals surface area contributed by atoms with Crippen molar-refractivity contribution in [3.8, 4) is 0 Å². The van der Waals surface area contributed by atoms with E-state index in [4.69, 9.17) is 0 Å². The summed E-state index contributed by atoms with van der Waals surface area (Å²) in [6.07, 6.45) is 6.48. The fraction of sp³-hybridized carbons (Fsp3) is 0.500. The van der Waals surface area contributed by atoms with E-state index in [1.54, 1.807) is 6.33 Å². The molecule has 1 heterocycles. The maximum absolute atomic E-state index is 4.55. The highest BCUT2D eigenvalue weighted by Crippen LogP contribution is 2.28. The molecule has 0 unspecified atom stereocenters. The summed E-state index contributed by atoms with van der Waals surface area (Å²) in [6, 6.07) is 6.19. The van der Waals surface area contributed by atoms with E-state index in [0.717, 1.165) is 34.3 Å². The minimum atomic E-state index is 0.996. The molecule has 1 aromatic carbocycles. The minimum absolute atomic E-state index is 0.996. The van der Waals surface area contributed by atoms with Gasteiger partial charge in [0.15, 0.2) is 0 Å². The van der Waals surface area contributed by atoms with Gasteiger partial charge in [-0.3, -0.25) is 0 Å². The summed E-state index contributed by atoms with van der Waals surface area (Å²) in [4.78, 5) is 11.4. The van der Waals surface area contributed by atoms with Gasteiger partial charge in [0.2, 0.25) is 0 Å². The van der Waals surface area contributed by atoms with Crippen LogP contribution < -0.4 is 4.90 Å². The third kappa shape index (κ3) is 3.48. The second-order valence-electron chi connectivity index (χ2n) is 5.03. The molecule has 0 N–H and O–H groups in total. The molecule has 0 fully saturated rings. The summed E-state index contributed by atoms with van der Waals surface area (Å²) in [5.41, 5.74) is 0.996. The van der Waals surface area contributed by atoms with Gasteiger partial charge in [0.25, 0.3) is 0 Å². The first-order chi connectivity index (χ1) is 9.77. The summed E-state index contributed by atoms with van der Waals surface area (Å²) >= 11 is 3.58. The van der Waals surface area contributed by atoms with Gasteiger partial charge < -0.3 is 4.90 Å². The largest absolute Gasteiger partial charge is 0.356 e. The zero-order valence-electron chi connectivity index (χ0n) is 12.3. The number of rotatable bonds is 7. The SMILES string of the molecule is CCCCN(CCCC)c1ncnc2c(Br)cccc12. The van der Waals surface area contributed by atoms with Gasteiger partial charge in [-0.15, -0.1) is 0 Å². The van der Waals surface area contributed by atoms with E-state index in [2.05, 4.69) is 56.8 Å². The van der Waals surface area contributed by atoms with Crippen LogP contribution in [0, 0.1) is 0 Å². The van der Waals surface area contributed by atoms with Crippen LogP contribution in [-0.2, 0) is 0 Å². The molecule has 0 saturated carbocycles. The average molecular weight is 336 g/mol. The van der Waals surface area contributed by atoms with Crippen LogP contribution >= 0.6 is 15.9 Å². The molecule has 0 bridgehead atoms. The molecule has 4 heteroatoms. The Morgan fingerprint density at radius 2 is 1.75 bits per heavy atom. The van der Waals surface area contributed by atoms with Crippen LogP contribution in [0.2, 0.25) is 0 Å². The Kier molecular flexibility index (Phi) is 5.77. The Morgan fingerprint density at radius 3 is 2.40 bits per heavy atom. The molecule has 2 aromatic rings. The number of hydrogen-bond donors (Lipinski definition) is 0. The minimum Gasteiger partial charge on any atom is -0.356 e. The topological polar surface area (TPSA) is 29.0 Å². The van der Waals surface area contributed by atoms with Crippen molar-refractivity contribution in [2.75, 3.05) is 18.0 Å². The van der Waals surface area contributed by atoms with Crippen molar-refractivity contribution in [2.45, 2.75) is 39.5 Å². The predicted molar refractivity (Wildman–Crippen MR) is 89.3 cm³/mol. The van der Waals surface area contributed by atoms with E-state index < -0.39 is 0 Å². The Balaban J connectivity index is 2.38. The number of anilines is 1. The van der Waals surface area contributed by atoms with Crippen LogP contribution in [0.25, 0.3) is 10.9 Å². The number of benzene rings is 1. The Bertz CT molecular complexity index is 548. The fourth-order valence-corrected chi connectivity index (χ4v) is 2.78. The first-order valence-corrected chi connectivity index (χ1v) is 8.21. The zero-order chi connectivity index (χ0) is 14.4. The molecule has 108 valence electrons. The molecule has 0 spiro atoms. The highest BCUT2D eigenvalue weighted by atomic mass is 79.9. The van der Waals surface area contributed by atoms with Crippen molar-refractivity contribution < 1.29 is 0 Å². The van der Waals surface area contributed by atoms with Crippen molar-refractivity contribution in [1.29, 1.82) is 0 Å². The third-order valence-electron chi connectivity index (χ3n) is 3.46. The van der Waals surface area contributed by atoms with Gasteiger partial charge in [-0.05, 0) is 40.9 Å². The zero-order valence-corrected chi connectivity index (χ0v) is 13.9. The van der Waals surface area contributed by atoms with Crippen LogP contribution in [0.4, 0.5) is 5.82 Å². The molecule has 20 heavy (non-hydrogen) atoms. The van der Waals surface area contributed by atoms with Crippen LogP contribution in [0.1, 0.15) is 39.5 Å². The second kappa shape index (κ2) is 7.58. The lowest BCUT2D eigenvalue weighted by Gasteiger charge is -2.24. The Labute approximate surface area is 129 Å². The first-order valence-electron chi connectivity index (χ1n) is 7.42. The van der Waals surface area contributed by atoms with Crippen LogP contribution in [0.5, 0.6) is 0 Å². The summed E-state index contributed by atoms with van der Waals surface area (Å²) in [6.45, 7) is 6.59. The maximum Gasteiger partial charge on any atom is 0.139 e. The van der Waals surface area contributed by atoms with Crippen molar-refractivity contribution >= 4 is 32.7 Å². The summed E-state index contributed by atoms with van der Waals surface area (Å²) in [7, 11) is 0. The van der Waals surface area contributed by atoms with E-state index in [1.165, 1.54) is 25.7 Å². The molecule has 0 atom stereocenters. The van der Waals surface area contributed by atoms with Crippen molar-refractivity contribution in [3.63, 3.8) is 0 Å². The summed E-state index contributed by atoms with van der Waals surface area (Å²) < 4.78 is 1.03. The van der Waals surface area contributed by atoms with Crippen molar-refractivity contribution in [3.05, 3.63) is 29.0 Å². The van der Waals surface area contributed by atoms with Gasteiger partial charge in [-0.2, -0.15) is 0 Å². The van der Waals surface area contributed by atoms with E-state index in [-0.39, 0.29) is 0 Å². The predicted octanol–water partition coefficient (Wildman–Crippen LogP) is 4.80. The van der Waals surface area contributed by atoms with Gasteiger partial charge in [0.1, 0.15) is 12.1 Å². The van der Waals surface area contributed by atoms with Gasteiger partial charge in [0.05, 0.1) is 5.52 Å². The lowest BCUT2D eigenvalue weighted by Crippen LogP contribution is -2.26. The standard InChI is InChI=1S/C16H22BrN3/c1-3-5-10-20(11-6-4-2)16-13-8-7-9-14(17)15(13)18-12-19-16/h7-9,12H,3-6,10-11H2,1-2H3. The highest BCUT2D eigenvalue weighted by Gasteiger charge is 2.12. The molecular weight excluding hydrogens is 314 g/mol. The number of aromatic nitrogens is 2. The molecule has 0 aliphatic rings. The average Bonchev–Trinajstić information content (AvgIpc) is 2.48. The second-order valence-corrected chi connectivity index (χ2v) is 5.88. The quantitative estimate of drug-likeness (QED) is 0.727. The number of nitrogens with zero attached hydrogens (tertiary/aromatic N) is 3. The molecule has 0 aliphatic heterocycles. The number of para-hydroxylation sites is 1. The molecule has 1 aromatic heterocycles. The molecule has 0 saturated heterocycles. The van der Waals surface area contributed by atoms with Crippen LogP contribution in [0.3, 0.4) is 0 Å². The van der Waals surface area contributed by atoms with Gasteiger partial charge >= 0.3 is 0 Å². The Hall–Kier alpha value is -1.16. The van der Waals surface area contributed by atoms with E-state index in [0.29, 0.717) is 0 Å². The normalized spacial score (nSPS) is 10.9. The van der Waals surface area contributed by atoms with E-state index in [1.807, 2.05) is 6.07 Å². The summed E-state index contributed by atoms with van der Waals surface area (Å²) in [5, 5.41) is 1.13.